The highest BCUT2D eigenvalue weighted by Crippen LogP contribution is 2.40. The highest BCUT2D eigenvalue weighted by Gasteiger charge is 2.38. The quantitative estimate of drug-likeness (QED) is 0.472. The fraction of sp³-hybridized carbons (Fsp3) is 0.333. The molecule has 156 valence electrons. The minimum absolute atomic E-state index is 0.181. The van der Waals surface area contributed by atoms with Gasteiger partial charge in [0.05, 0.1) is 23.5 Å². The van der Waals surface area contributed by atoms with E-state index >= 15 is 0 Å². The minimum atomic E-state index is -1.51. The Balaban J connectivity index is 1.80. The normalized spacial score (nSPS) is 19.0. The number of carbonyl (C=O) groups is 1. The number of hydrogen-bond acceptors (Lipinski definition) is 5. The third-order valence-corrected chi connectivity index (χ3v) is 5.51. The van der Waals surface area contributed by atoms with E-state index < -0.39 is 23.5 Å². The van der Waals surface area contributed by atoms with Crippen molar-refractivity contribution >= 4 is 6.29 Å². The largest absolute Gasteiger partial charge is 0.302 e. The summed E-state index contributed by atoms with van der Waals surface area (Å²) >= 11 is 0. The van der Waals surface area contributed by atoms with Gasteiger partial charge in [-0.2, -0.15) is 5.10 Å². The molecule has 3 heterocycles. The van der Waals surface area contributed by atoms with Crippen molar-refractivity contribution in [1.29, 1.82) is 0 Å². The maximum Gasteiger partial charge on any atom is 0.194 e. The molecule has 2 unspecified atom stereocenters. The second kappa shape index (κ2) is 7.98. The Morgan fingerprint density at radius 2 is 1.83 bits per heavy atom. The van der Waals surface area contributed by atoms with E-state index in [1.54, 1.807) is 19.4 Å². The maximum atomic E-state index is 13.9. The van der Waals surface area contributed by atoms with Gasteiger partial charge < -0.3 is 4.79 Å². The molecule has 0 saturated carbocycles. The van der Waals surface area contributed by atoms with Crippen molar-refractivity contribution in [1.82, 2.24) is 24.6 Å². The summed E-state index contributed by atoms with van der Waals surface area (Å²) in [5.41, 5.74) is 3.02. The number of aromatic nitrogens is 4. The van der Waals surface area contributed by atoms with Crippen LogP contribution in [0.5, 0.6) is 0 Å². The molecule has 0 aliphatic carbocycles. The molecule has 3 aromatic rings. The Hall–Kier alpha value is -3.07. The number of carbonyl (C=O) groups excluding carboxylic acids is 1. The van der Waals surface area contributed by atoms with Crippen LogP contribution in [-0.4, -0.2) is 37.0 Å². The summed E-state index contributed by atoms with van der Waals surface area (Å²) < 4.78 is 42.7. The highest BCUT2D eigenvalue weighted by molar-refractivity contribution is 5.69. The van der Waals surface area contributed by atoms with Gasteiger partial charge >= 0.3 is 0 Å². The van der Waals surface area contributed by atoms with Crippen molar-refractivity contribution in [3.05, 3.63) is 65.1 Å². The third kappa shape index (κ3) is 3.39. The minimum Gasteiger partial charge on any atom is -0.302 e. The fourth-order valence-corrected chi connectivity index (χ4v) is 4.23. The number of hydrogen-bond donors (Lipinski definition) is 0. The number of halogens is 3. The Kier molecular flexibility index (Phi) is 5.38. The number of nitrogens with zero attached hydrogens (tertiary/aromatic N) is 5. The lowest BCUT2D eigenvalue weighted by Gasteiger charge is -2.38. The molecular formula is C21H20F3N5O. The van der Waals surface area contributed by atoms with Gasteiger partial charge in [-0.3, -0.25) is 9.58 Å². The molecule has 0 spiro atoms. The van der Waals surface area contributed by atoms with Crippen molar-refractivity contribution in [3.8, 4) is 11.3 Å². The number of rotatable bonds is 5. The van der Waals surface area contributed by atoms with Gasteiger partial charge in [-0.15, -0.1) is 0 Å². The SMILES string of the molecule is CCC1c2nn(C)c(-c3cc(F)c(F)c(F)c3)c2CC(C=O)N1Cc1cncnc1. The lowest BCUT2D eigenvalue weighted by Crippen LogP contribution is -2.44. The van der Waals surface area contributed by atoms with Crippen LogP contribution in [0.3, 0.4) is 0 Å². The van der Waals surface area contributed by atoms with E-state index in [9.17, 15) is 18.0 Å². The summed E-state index contributed by atoms with van der Waals surface area (Å²) in [7, 11) is 1.67. The summed E-state index contributed by atoms with van der Waals surface area (Å²) in [6, 6.07) is 1.28. The zero-order valence-electron chi connectivity index (χ0n) is 16.5. The molecule has 0 bridgehead atoms. The maximum absolute atomic E-state index is 13.9. The highest BCUT2D eigenvalue weighted by atomic mass is 19.2. The number of benzene rings is 1. The molecule has 0 amide bonds. The predicted molar refractivity (Wildman–Crippen MR) is 103 cm³/mol. The van der Waals surface area contributed by atoms with Crippen LogP contribution in [0.25, 0.3) is 11.3 Å². The lowest BCUT2D eigenvalue weighted by atomic mass is 9.89. The molecule has 1 aliphatic rings. The monoisotopic (exact) mass is 415 g/mol. The van der Waals surface area contributed by atoms with Gasteiger partial charge in [0, 0.05) is 42.7 Å². The van der Waals surface area contributed by atoms with Crippen LogP contribution in [0.1, 0.15) is 36.2 Å². The standard InChI is InChI=1S/C21H20F3N5O/c1-3-18-20-15(6-14(10-30)29(18)9-12-7-25-11-26-8-12)21(28(2)27-20)13-4-16(22)19(24)17(23)5-13/h4-5,7-8,10-11,14,18H,3,6,9H2,1-2H3. The van der Waals surface area contributed by atoms with Gasteiger partial charge in [0.25, 0.3) is 0 Å². The average molecular weight is 415 g/mol. The van der Waals surface area contributed by atoms with E-state index in [1.807, 2.05) is 11.8 Å². The second-order valence-corrected chi connectivity index (χ2v) is 7.34. The molecule has 9 heteroatoms. The average Bonchev–Trinajstić information content (AvgIpc) is 3.07. The molecular weight excluding hydrogens is 395 g/mol. The van der Waals surface area contributed by atoms with Gasteiger partial charge in [-0.25, -0.2) is 23.1 Å². The van der Waals surface area contributed by atoms with Crippen LogP contribution < -0.4 is 0 Å². The summed E-state index contributed by atoms with van der Waals surface area (Å²) in [6.45, 7) is 2.45. The van der Waals surface area contributed by atoms with Crippen molar-refractivity contribution in [3.63, 3.8) is 0 Å². The molecule has 0 fully saturated rings. The van der Waals surface area contributed by atoms with E-state index in [1.165, 1.54) is 11.0 Å². The number of aryl methyl sites for hydroxylation is 1. The fourth-order valence-electron chi connectivity index (χ4n) is 4.23. The first-order valence-electron chi connectivity index (χ1n) is 9.60. The van der Waals surface area contributed by atoms with Crippen LogP contribution in [0, 0.1) is 17.5 Å². The lowest BCUT2D eigenvalue weighted by molar-refractivity contribution is -0.114. The van der Waals surface area contributed by atoms with Crippen molar-refractivity contribution in [2.45, 2.75) is 38.4 Å². The smallest absolute Gasteiger partial charge is 0.194 e. The Bertz CT molecular complexity index is 1060. The first-order chi connectivity index (χ1) is 14.4. The zero-order valence-corrected chi connectivity index (χ0v) is 16.5. The Morgan fingerprint density at radius 1 is 1.17 bits per heavy atom. The molecule has 6 nitrogen and oxygen atoms in total. The summed E-state index contributed by atoms with van der Waals surface area (Å²) in [6.07, 6.45) is 6.72. The first kappa shape index (κ1) is 20.2. The first-order valence-corrected chi connectivity index (χ1v) is 9.60. The van der Waals surface area contributed by atoms with Crippen molar-refractivity contribution < 1.29 is 18.0 Å². The topological polar surface area (TPSA) is 63.9 Å². The predicted octanol–water partition coefficient (Wildman–Crippen LogP) is 3.37. The molecule has 0 radical (unpaired) electrons. The van der Waals surface area contributed by atoms with Gasteiger partial charge in [0.1, 0.15) is 12.6 Å². The Morgan fingerprint density at radius 3 is 2.43 bits per heavy atom. The van der Waals surface area contributed by atoms with E-state index in [4.69, 9.17) is 0 Å². The van der Waals surface area contributed by atoms with Crippen LogP contribution >= 0.6 is 0 Å². The van der Waals surface area contributed by atoms with Crippen LogP contribution in [0.15, 0.2) is 30.9 Å². The van der Waals surface area contributed by atoms with Crippen LogP contribution in [-0.2, 0) is 24.8 Å². The molecule has 0 saturated heterocycles. The van der Waals surface area contributed by atoms with Gasteiger partial charge in [-0.1, -0.05) is 6.92 Å². The van der Waals surface area contributed by atoms with E-state index in [0.29, 0.717) is 25.1 Å². The number of aldehydes is 1. The molecule has 0 N–H and O–H groups in total. The second-order valence-electron chi connectivity index (χ2n) is 7.34. The van der Waals surface area contributed by atoms with E-state index in [2.05, 4.69) is 15.1 Å². The summed E-state index contributed by atoms with van der Waals surface area (Å²) in [4.78, 5) is 22.1. The molecule has 4 rings (SSSR count). The van der Waals surface area contributed by atoms with Gasteiger partial charge in [0.15, 0.2) is 17.5 Å². The molecule has 1 aliphatic heterocycles. The van der Waals surface area contributed by atoms with Gasteiger partial charge in [0.2, 0.25) is 0 Å². The summed E-state index contributed by atoms with van der Waals surface area (Å²) in [5, 5.41) is 4.61. The Labute approximate surface area is 171 Å². The molecule has 30 heavy (non-hydrogen) atoms. The summed E-state index contributed by atoms with van der Waals surface area (Å²) in [5.74, 6) is -4.04. The number of fused-ring (bicyclic) bond motifs is 1. The van der Waals surface area contributed by atoms with Crippen molar-refractivity contribution in [2.75, 3.05) is 0 Å². The van der Waals surface area contributed by atoms with Crippen molar-refractivity contribution in [2.24, 2.45) is 7.05 Å². The van der Waals surface area contributed by atoms with Gasteiger partial charge in [-0.05, 0) is 25.0 Å². The van der Waals surface area contributed by atoms with E-state index in [0.717, 1.165) is 35.2 Å². The molecule has 2 aromatic heterocycles. The molecule has 1 aromatic carbocycles. The molecule has 2 atom stereocenters. The van der Waals surface area contributed by atoms with E-state index in [-0.39, 0.29) is 11.6 Å². The van der Waals surface area contributed by atoms with Crippen LogP contribution in [0.4, 0.5) is 13.2 Å². The third-order valence-electron chi connectivity index (χ3n) is 5.51. The zero-order chi connectivity index (χ0) is 21.4. The van der Waals surface area contributed by atoms with Crippen LogP contribution in [0.2, 0.25) is 0 Å².